The summed E-state index contributed by atoms with van der Waals surface area (Å²) < 4.78 is 0. The number of hydrogen-bond acceptors (Lipinski definition) is 2. The zero-order valence-electron chi connectivity index (χ0n) is 7.03. The second kappa shape index (κ2) is 3.23. The van der Waals surface area contributed by atoms with Crippen LogP contribution in [0.5, 0.6) is 0 Å². The van der Waals surface area contributed by atoms with Gasteiger partial charge in [-0.05, 0) is 24.5 Å². The second-order valence-corrected chi connectivity index (χ2v) is 3.75. The smallest absolute Gasteiger partial charge is 0.0723 e. The van der Waals surface area contributed by atoms with E-state index in [2.05, 4.69) is 47.7 Å². The number of anilines is 1. The van der Waals surface area contributed by atoms with Crippen LogP contribution in [-0.4, -0.2) is 5.88 Å². The molecule has 0 fully saturated rings. The van der Waals surface area contributed by atoms with Crippen molar-refractivity contribution in [3.05, 3.63) is 41.4 Å². The topological polar surface area (TPSA) is 3.24 Å². The lowest BCUT2D eigenvalue weighted by atomic mass is 10.2. The molecule has 2 rings (SSSR count). The molecule has 1 aromatic carbocycles. The van der Waals surface area contributed by atoms with Gasteiger partial charge < -0.3 is 4.90 Å². The molecule has 62 valence electrons. The van der Waals surface area contributed by atoms with Crippen molar-refractivity contribution in [2.75, 3.05) is 10.8 Å². The van der Waals surface area contributed by atoms with Crippen molar-refractivity contribution in [3.8, 4) is 0 Å². The Hall–Kier alpha value is -0.890. The molecule has 2 heteroatoms. The molecule has 12 heavy (non-hydrogen) atoms. The molecule has 1 heterocycles. The summed E-state index contributed by atoms with van der Waals surface area (Å²) in [6, 6.07) is 8.61. The van der Waals surface area contributed by atoms with Crippen LogP contribution < -0.4 is 4.90 Å². The van der Waals surface area contributed by atoms with Gasteiger partial charge in [-0.1, -0.05) is 17.7 Å². The Morgan fingerprint density at radius 1 is 1.25 bits per heavy atom. The fraction of sp³-hybridized carbons (Fsp3) is 0.200. The van der Waals surface area contributed by atoms with Crippen molar-refractivity contribution < 1.29 is 0 Å². The SMILES string of the molecule is Cc1ccc(N2C=CSC2)cc1. The predicted octanol–water partition coefficient (Wildman–Crippen LogP) is 2.98. The molecule has 1 aromatic rings. The first-order valence-corrected chi connectivity index (χ1v) is 5.03. The summed E-state index contributed by atoms with van der Waals surface area (Å²) in [4.78, 5) is 2.24. The quantitative estimate of drug-likeness (QED) is 0.648. The Morgan fingerprint density at radius 2 is 2.00 bits per heavy atom. The summed E-state index contributed by atoms with van der Waals surface area (Å²) in [7, 11) is 0. The molecule has 0 radical (unpaired) electrons. The van der Waals surface area contributed by atoms with E-state index in [0.29, 0.717) is 0 Å². The van der Waals surface area contributed by atoms with Gasteiger partial charge in [0.2, 0.25) is 0 Å². The van der Waals surface area contributed by atoms with E-state index in [1.807, 2.05) is 11.8 Å². The zero-order chi connectivity index (χ0) is 8.39. The number of thioether (sulfide) groups is 1. The fourth-order valence-electron chi connectivity index (χ4n) is 1.18. The van der Waals surface area contributed by atoms with E-state index in [1.54, 1.807) is 0 Å². The number of aryl methyl sites for hydroxylation is 1. The predicted molar refractivity (Wildman–Crippen MR) is 55.3 cm³/mol. The van der Waals surface area contributed by atoms with E-state index in [0.717, 1.165) is 5.88 Å². The third-order valence-corrected chi connectivity index (χ3v) is 2.66. The molecule has 1 nitrogen and oxygen atoms in total. The van der Waals surface area contributed by atoms with E-state index in [1.165, 1.54) is 11.3 Å². The molecule has 0 bridgehead atoms. The van der Waals surface area contributed by atoms with Crippen LogP contribution in [0.15, 0.2) is 35.9 Å². The van der Waals surface area contributed by atoms with Crippen molar-refractivity contribution in [2.45, 2.75) is 6.92 Å². The Kier molecular flexibility index (Phi) is 2.09. The molecule has 1 aliphatic heterocycles. The molecule has 0 spiro atoms. The standard InChI is InChI=1S/C10H11NS/c1-9-2-4-10(5-3-9)11-6-7-12-8-11/h2-7H,8H2,1H3. The maximum absolute atomic E-state index is 2.24. The molecule has 0 aliphatic carbocycles. The third kappa shape index (κ3) is 1.48. The van der Waals surface area contributed by atoms with Crippen LogP contribution in [0.2, 0.25) is 0 Å². The first-order valence-electron chi connectivity index (χ1n) is 3.98. The van der Waals surface area contributed by atoms with Crippen LogP contribution in [0.3, 0.4) is 0 Å². The lowest BCUT2D eigenvalue weighted by molar-refractivity contribution is 1.18. The Balaban J connectivity index is 2.23. The highest BCUT2D eigenvalue weighted by Gasteiger charge is 2.05. The van der Waals surface area contributed by atoms with Gasteiger partial charge in [0.05, 0.1) is 5.88 Å². The first kappa shape index (κ1) is 7.74. The summed E-state index contributed by atoms with van der Waals surface area (Å²) >= 11 is 1.83. The molecule has 0 amide bonds. The number of nitrogens with zero attached hydrogens (tertiary/aromatic N) is 1. The summed E-state index contributed by atoms with van der Waals surface area (Å²) in [5.41, 5.74) is 2.59. The summed E-state index contributed by atoms with van der Waals surface area (Å²) in [5.74, 6) is 1.04. The lowest BCUT2D eigenvalue weighted by Crippen LogP contribution is -2.10. The molecule has 0 atom stereocenters. The highest BCUT2D eigenvalue weighted by Crippen LogP contribution is 2.23. The van der Waals surface area contributed by atoms with E-state index in [-0.39, 0.29) is 0 Å². The van der Waals surface area contributed by atoms with Gasteiger partial charge in [-0.15, -0.1) is 11.8 Å². The van der Waals surface area contributed by atoms with Crippen LogP contribution in [0.25, 0.3) is 0 Å². The Morgan fingerprint density at radius 3 is 2.58 bits per heavy atom. The number of benzene rings is 1. The van der Waals surface area contributed by atoms with Gasteiger partial charge in [-0.3, -0.25) is 0 Å². The van der Waals surface area contributed by atoms with Crippen LogP contribution in [-0.2, 0) is 0 Å². The minimum atomic E-state index is 1.04. The maximum Gasteiger partial charge on any atom is 0.0723 e. The molecule has 0 unspecified atom stereocenters. The van der Waals surface area contributed by atoms with Gasteiger partial charge in [-0.25, -0.2) is 0 Å². The summed E-state index contributed by atoms with van der Waals surface area (Å²) in [6.07, 6.45) is 2.12. The van der Waals surface area contributed by atoms with Gasteiger partial charge in [0.15, 0.2) is 0 Å². The van der Waals surface area contributed by atoms with Crippen LogP contribution in [0.1, 0.15) is 5.56 Å². The number of rotatable bonds is 1. The van der Waals surface area contributed by atoms with Gasteiger partial charge in [0.1, 0.15) is 0 Å². The van der Waals surface area contributed by atoms with E-state index in [9.17, 15) is 0 Å². The number of hydrogen-bond donors (Lipinski definition) is 0. The Labute approximate surface area is 77.1 Å². The third-order valence-electron chi connectivity index (χ3n) is 1.92. The molecule has 0 saturated carbocycles. The highest BCUT2D eigenvalue weighted by molar-refractivity contribution is 8.02. The van der Waals surface area contributed by atoms with Crippen molar-refractivity contribution in [3.63, 3.8) is 0 Å². The lowest BCUT2D eigenvalue weighted by Gasteiger charge is -2.14. The zero-order valence-corrected chi connectivity index (χ0v) is 7.84. The van der Waals surface area contributed by atoms with Crippen molar-refractivity contribution in [2.24, 2.45) is 0 Å². The van der Waals surface area contributed by atoms with Crippen molar-refractivity contribution >= 4 is 17.4 Å². The van der Waals surface area contributed by atoms with E-state index >= 15 is 0 Å². The molecular weight excluding hydrogens is 166 g/mol. The van der Waals surface area contributed by atoms with Gasteiger partial charge in [0, 0.05) is 11.9 Å². The monoisotopic (exact) mass is 177 g/mol. The second-order valence-electron chi connectivity index (χ2n) is 2.89. The van der Waals surface area contributed by atoms with E-state index < -0.39 is 0 Å². The average Bonchev–Trinajstić information content (AvgIpc) is 2.58. The minimum Gasteiger partial charge on any atom is -0.337 e. The largest absolute Gasteiger partial charge is 0.337 e. The summed E-state index contributed by atoms with van der Waals surface area (Å²) in [6.45, 7) is 2.11. The Bertz CT molecular complexity index is 289. The minimum absolute atomic E-state index is 1.04. The van der Waals surface area contributed by atoms with Crippen LogP contribution >= 0.6 is 11.8 Å². The molecule has 0 N–H and O–H groups in total. The molecular formula is C10H11NS. The maximum atomic E-state index is 2.24. The van der Waals surface area contributed by atoms with Crippen molar-refractivity contribution in [1.82, 2.24) is 0 Å². The van der Waals surface area contributed by atoms with Crippen LogP contribution in [0.4, 0.5) is 5.69 Å². The van der Waals surface area contributed by atoms with Gasteiger partial charge in [0.25, 0.3) is 0 Å². The van der Waals surface area contributed by atoms with Crippen LogP contribution in [0, 0.1) is 6.92 Å². The normalized spacial score (nSPS) is 15.6. The van der Waals surface area contributed by atoms with Gasteiger partial charge in [-0.2, -0.15) is 0 Å². The fourth-order valence-corrected chi connectivity index (χ4v) is 1.89. The molecule has 0 aromatic heterocycles. The highest BCUT2D eigenvalue weighted by atomic mass is 32.2. The van der Waals surface area contributed by atoms with Gasteiger partial charge >= 0.3 is 0 Å². The van der Waals surface area contributed by atoms with Crippen molar-refractivity contribution in [1.29, 1.82) is 0 Å². The average molecular weight is 177 g/mol. The molecule has 1 aliphatic rings. The molecule has 0 saturated heterocycles. The van der Waals surface area contributed by atoms with E-state index in [4.69, 9.17) is 0 Å². The summed E-state index contributed by atoms with van der Waals surface area (Å²) in [5, 5.41) is 2.12. The first-order chi connectivity index (χ1) is 5.86.